The van der Waals surface area contributed by atoms with Crippen molar-refractivity contribution in [1.82, 2.24) is 0 Å². The van der Waals surface area contributed by atoms with Crippen molar-refractivity contribution >= 4 is 29.3 Å². The molecule has 0 aliphatic carbocycles. The number of carbonyl (C=O) groups excluding carboxylic acids is 1. The van der Waals surface area contributed by atoms with Crippen LogP contribution in [0.2, 0.25) is 5.02 Å². The Morgan fingerprint density at radius 3 is 2.40 bits per heavy atom. The van der Waals surface area contributed by atoms with E-state index in [2.05, 4.69) is 5.32 Å². The first-order chi connectivity index (χ1) is 16.9. The van der Waals surface area contributed by atoms with Crippen LogP contribution in [0, 0.1) is 18.3 Å². The molecule has 1 N–H and O–H groups in total. The van der Waals surface area contributed by atoms with Gasteiger partial charge in [0.15, 0.2) is 11.5 Å². The molecule has 0 aliphatic rings. The quantitative estimate of drug-likeness (QED) is 0.300. The highest BCUT2D eigenvalue weighted by atomic mass is 35.5. The Labute approximate surface area is 209 Å². The molecular formula is C27H25ClN2O5. The summed E-state index contributed by atoms with van der Waals surface area (Å²) in [7, 11) is 4.69. The summed E-state index contributed by atoms with van der Waals surface area (Å²) in [5.74, 6) is 1.76. The normalized spacial score (nSPS) is 10.8. The number of nitrogens with one attached hydrogen (secondary N) is 1. The molecule has 3 rings (SSSR count). The van der Waals surface area contributed by atoms with Crippen LogP contribution in [0.4, 0.5) is 5.69 Å². The van der Waals surface area contributed by atoms with Crippen molar-refractivity contribution in [1.29, 1.82) is 5.26 Å². The molecule has 0 fully saturated rings. The molecule has 180 valence electrons. The number of anilines is 1. The zero-order chi connectivity index (χ0) is 25.4. The van der Waals surface area contributed by atoms with Crippen molar-refractivity contribution in [3.05, 3.63) is 81.9 Å². The van der Waals surface area contributed by atoms with E-state index in [4.69, 9.17) is 30.5 Å². The predicted octanol–water partition coefficient (Wildman–Crippen LogP) is 5.80. The van der Waals surface area contributed by atoms with Gasteiger partial charge in [-0.25, -0.2) is 0 Å². The highest BCUT2D eigenvalue weighted by Crippen LogP contribution is 2.32. The monoisotopic (exact) mass is 492 g/mol. The molecule has 0 aliphatic heterocycles. The smallest absolute Gasteiger partial charge is 0.266 e. The lowest BCUT2D eigenvalue weighted by Crippen LogP contribution is -2.14. The molecule has 0 saturated heterocycles. The van der Waals surface area contributed by atoms with Gasteiger partial charge in [-0.1, -0.05) is 23.7 Å². The van der Waals surface area contributed by atoms with Gasteiger partial charge in [0.25, 0.3) is 5.91 Å². The van der Waals surface area contributed by atoms with Crippen molar-refractivity contribution < 1.29 is 23.7 Å². The first kappa shape index (κ1) is 25.5. The molecule has 3 aromatic carbocycles. The van der Waals surface area contributed by atoms with Crippen LogP contribution in [0.15, 0.2) is 60.2 Å². The van der Waals surface area contributed by atoms with E-state index in [9.17, 15) is 10.1 Å². The van der Waals surface area contributed by atoms with E-state index < -0.39 is 5.91 Å². The van der Waals surface area contributed by atoms with Gasteiger partial charge in [-0.05, 0) is 66.6 Å². The second-order valence-electron chi connectivity index (χ2n) is 7.46. The number of aryl methyl sites for hydroxylation is 1. The van der Waals surface area contributed by atoms with Gasteiger partial charge in [-0.3, -0.25) is 4.79 Å². The number of benzene rings is 3. The lowest BCUT2D eigenvalue weighted by molar-refractivity contribution is -0.112. The maximum absolute atomic E-state index is 12.7. The molecule has 0 unspecified atom stereocenters. The van der Waals surface area contributed by atoms with Crippen LogP contribution < -0.4 is 24.3 Å². The Morgan fingerprint density at radius 2 is 1.71 bits per heavy atom. The molecule has 0 spiro atoms. The lowest BCUT2D eigenvalue weighted by Gasteiger charge is -2.14. The summed E-state index contributed by atoms with van der Waals surface area (Å²) >= 11 is 6.02. The fraction of sp³-hybridized carbons (Fsp3) is 0.185. The summed E-state index contributed by atoms with van der Waals surface area (Å²) in [5.41, 5.74) is 2.70. The second kappa shape index (κ2) is 11.8. The van der Waals surface area contributed by atoms with Gasteiger partial charge in [-0.15, -0.1) is 0 Å². The standard InChI is InChI=1S/C27H25ClN2O5/c1-17-5-7-21(28)14-23(17)30-27(31)19(15-29)11-18-6-9-25(26(12-18)34-4)35-16-20-13-22(32-2)8-10-24(20)33-3/h5-14H,16H2,1-4H3,(H,30,31)/b19-11+. The number of nitrogens with zero attached hydrogens (tertiary/aromatic N) is 1. The van der Waals surface area contributed by atoms with E-state index >= 15 is 0 Å². The van der Waals surface area contributed by atoms with Gasteiger partial charge >= 0.3 is 0 Å². The summed E-state index contributed by atoms with van der Waals surface area (Å²) in [6.07, 6.45) is 1.48. The third kappa shape index (κ3) is 6.46. The van der Waals surface area contributed by atoms with Gasteiger partial charge < -0.3 is 24.3 Å². The van der Waals surface area contributed by atoms with Gasteiger partial charge in [0.2, 0.25) is 0 Å². The molecule has 0 saturated carbocycles. The SMILES string of the molecule is COc1ccc(OC)c(COc2ccc(/C=C(\C#N)C(=O)Nc3cc(Cl)ccc3C)cc2OC)c1. The minimum atomic E-state index is -0.540. The van der Waals surface area contributed by atoms with Crippen molar-refractivity contribution in [3.63, 3.8) is 0 Å². The van der Waals surface area contributed by atoms with Gasteiger partial charge in [0.05, 0.1) is 21.3 Å². The third-order valence-electron chi connectivity index (χ3n) is 5.18. The molecule has 3 aromatic rings. The Hall–Kier alpha value is -4.15. The van der Waals surface area contributed by atoms with Crippen LogP contribution in [0.3, 0.4) is 0 Å². The molecular weight excluding hydrogens is 468 g/mol. The third-order valence-corrected chi connectivity index (χ3v) is 5.42. The topological polar surface area (TPSA) is 89.8 Å². The Bertz CT molecular complexity index is 1300. The Balaban J connectivity index is 1.79. The fourth-order valence-electron chi connectivity index (χ4n) is 3.28. The second-order valence-corrected chi connectivity index (χ2v) is 7.90. The number of hydrogen-bond acceptors (Lipinski definition) is 6. The van der Waals surface area contributed by atoms with Crippen LogP contribution >= 0.6 is 11.6 Å². The number of carbonyl (C=O) groups is 1. The molecule has 35 heavy (non-hydrogen) atoms. The summed E-state index contributed by atoms with van der Waals surface area (Å²) in [4.78, 5) is 12.7. The molecule has 1 amide bonds. The van der Waals surface area contributed by atoms with Gasteiger partial charge in [0.1, 0.15) is 29.7 Å². The van der Waals surface area contributed by atoms with E-state index in [0.29, 0.717) is 39.3 Å². The van der Waals surface area contributed by atoms with Crippen molar-refractivity contribution in [2.24, 2.45) is 0 Å². The van der Waals surface area contributed by atoms with Crippen LogP contribution in [-0.2, 0) is 11.4 Å². The van der Waals surface area contributed by atoms with Crippen LogP contribution in [-0.4, -0.2) is 27.2 Å². The zero-order valence-corrected chi connectivity index (χ0v) is 20.6. The Kier molecular flexibility index (Phi) is 8.60. The number of rotatable bonds is 9. The van der Waals surface area contributed by atoms with E-state index in [-0.39, 0.29) is 12.2 Å². The zero-order valence-electron chi connectivity index (χ0n) is 19.8. The number of hydrogen-bond donors (Lipinski definition) is 1. The van der Waals surface area contributed by atoms with E-state index in [0.717, 1.165) is 11.1 Å². The number of nitriles is 1. The number of halogens is 1. The molecule has 0 bridgehead atoms. The maximum Gasteiger partial charge on any atom is 0.266 e. The first-order valence-corrected chi connectivity index (χ1v) is 11.0. The fourth-order valence-corrected chi connectivity index (χ4v) is 3.45. The largest absolute Gasteiger partial charge is 0.497 e. The summed E-state index contributed by atoms with van der Waals surface area (Å²) in [5, 5.41) is 12.8. The van der Waals surface area contributed by atoms with Gasteiger partial charge in [-0.2, -0.15) is 5.26 Å². The molecule has 0 atom stereocenters. The van der Waals surface area contributed by atoms with Crippen molar-refractivity contribution in [2.45, 2.75) is 13.5 Å². The van der Waals surface area contributed by atoms with Crippen molar-refractivity contribution in [3.8, 4) is 29.1 Å². The lowest BCUT2D eigenvalue weighted by atomic mass is 10.1. The summed E-state index contributed by atoms with van der Waals surface area (Å²) < 4.78 is 22.1. The summed E-state index contributed by atoms with van der Waals surface area (Å²) in [6, 6.07) is 17.7. The highest BCUT2D eigenvalue weighted by Gasteiger charge is 2.13. The molecule has 0 aromatic heterocycles. The molecule has 0 radical (unpaired) electrons. The molecule has 0 heterocycles. The van der Waals surface area contributed by atoms with Crippen LogP contribution in [0.1, 0.15) is 16.7 Å². The average molecular weight is 493 g/mol. The van der Waals surface area contributed by atoms with E-state index in [1.807, 2.05) is 25.1 Å². The van der Waals surface area contributed by atoms with Crippen molar-refractivity contribution in [2.75, 3.05) is 26.6 Å². The Morgan fingerprint density at radius 1 is 0.971 bits per heavy atom. The van der Waals surface area contributed by atoms with E-state index in [1.54, 1.807) is 56.7 Å². The molecule has 8 heteroatoms. The van der Waals surface area contributed by atoms with E-state index in [1.165, 1.54) is 13.2 Å². The van der Waals surface area contributed by atoms with Gasteiger partial charge in [0, 0.05) is 16.3 Å². The average Bonchev–Trinajstić information content (AvgIpc) is 2.87. The number of amides is 1. The summed E-state index contributed by atoms with van der Waals surface area (Å²) in [6.45, 7) is 2.06. The molecule has 7 nitrogen and oxygen atoms in total. The maximum atomic E-state index is 12.7. The first-order valence-electron chi connectivity index (χ1n) is 10.6. The minimum Gasteiger partial charge on any atom is -0.497 e. The van der Waals surface area contributed by atoms with Crippen LogP contribution in [0.5, 0.6) is 23.0 Å². The minimum absolute atomic E-state index is 0.0683. The predicted molar refractivity (Wildman–Crippen MR) is 135 cm³/mol. The number of methoxy groups -OCH3 is 3. The highest BCUT2D eigenvalue weighted by molar-refractivity contribution is 6.31. The number of ether oxygens (including phenoxy) is 4. The van der Waals surface area contributed by atoms with Crippen LogP contribution in [0.25, 0.3) is 6.08 Å².